The number of unbranched alkanes of at least 4 members (excludes halogenated alkanes) is 1. The highest BCUT2D eigenvalue weighted by atomic mass is 32.2. The molecule has 0 saturated carbocycles. The van der Waals surface area contributed by atoms with E-state index in [1.807, 2.05) is 30.3 Å². The molecule has 10 heteroatoms. The molecule has 3 rings (SSSR count). The van der Waals surface area contributed by atoms with Crippen LogP contribution in [0.3, 0.4) is 0 Å². The van der Waals surface area contributed by atoms with Gasteiger partial charge in [0.15, 0.2) is 0 Å². The van der Waals surface area contributed by atoms with Gasteiger partial charge >= 0.3 is 18.0 Å². The van der Waals surface area contributed by atoms with Gasteiger partial charge < -0.3 is 25.0 Å². The Hall–Kier alpha value is -3.53. The third kappa shape index (κ3) is 9.31. The molecule has 1 aliphatic rings. The van der Waals surface area contributed by atoms with E-state index < -0.39 is 29.6 Å². The van der Waals surface area contributed by atoms with Gasteiger partial charge in [0.2, 0.25) is 5.91 Å². The zero-order valence-electron chi connectivity index (χ0n) is 22.9. The van der Waals surface area contributed by atoms with Gasteiger partial charge in [-0.2, -0.15) is 0 Å². The molecular formula is C29H37N3O6S. The Balaban J connectivity index is 1.57. The molecule has 0 bridgehead atoms. The number of carbonyl (C=O) groups is 4. The monoisotopic (exact) mass is 555 g/mol. The molecule has 0 radical (unpaired) electrons. The van der Waals surface area contributed by atoms with Gasteiger partial charge in [0, 0.05) is 11.4 Å². The van der Waals surface area contributed by atoms with E-state index in [0.29, 0.717) is 11.4 Å². The van der Waals surface area contributed by atoms with Crippen LogP contribution in [0.5, 0.6) is 0 Å². The van der Waals surface area contributed by atoms with Crippen LogP contribution in [-0.2, 0) is 25.7 Å². The predicted octanol–water partition coefficient (Wildman–Crippen LogP) is 4.97. The van der Waals surface area contributed by atoms with Crippen molar-refractivity contribution in [3.63, 3.8) is 0 Å². The number of nitrogens with one attached hydrogen (secondary N) is 2. The number of rotatable bonds is 10. The number of carbonyl (C=O) groups excluding carboxylic acids is 4. The van der Waals surface area contributed by atoms with Gasteiger partial charge in [-0.05, 0) is 51.0 Å². The van der Waals surface area contributed by atoms with Crippen molar-refractivity contribution in [3.05, 3.63) is 65.7 Å². The second-order valence-electron chi connectivity index (χ2n) is 10.2. The molecule has 1 saturated heterocycles. The molecule has 0 aromatic heterocycles. The van der Waals surface area contributed by atoms with Gasteiger partial charge in [-0.25, -0.2) is 14.4 Å². The molecule has 2 aromatic carbocycles. The van der Waals surface area contributed by atoms with Gasteiger partial charge in [0.05, 0.1) is 17.5 Å². The summed E-state index contributed by atoms with van der Waals surface area (Å²) in [4.78, 5) is 52.6. The molecule has 9 nitrogen and oxygen atoms in total. The summed E-state index contributed by atoms with van der Waals surface area (Å²) < 4.78 is 10.9. The van der Waals surface area contributed by atoms with Crippen LogP contribution in [0.2, 0.25) is 0 Å². The number of thioether (sulfide) groups is 1. The van der Waals surface area contributed by atoms with Crippen molar-refractivity contribution in [2.24, 2.45) is 0 Å². The second kappa shape index (κ2) is 14.0. The van der Waals surface area contributed by atoms with Crippen molar-refractivity contribution in [1.29, 1.82) is 0 Å². The molecule has 1 unspecified atom stereocenters. The number of ether oxygens (including phenoxy) is 2. The Kier molecular flexibility index (Phi) is 10.8. The van der Waals surface area contributed by atoms with Crippen LogP contribution in [0.4, 0.5) is 10.5 Å². The Morgan fingerprint density at radius 2 is 1.79 bits per heavy atom. The van der Waals surface area contributed by atoms with E-state index in [0.717, 1.165) is 24.8 Å². The SMILES string of the molecule is CCCCC1SC[C@@H](C(=O)OC(C)(C)C)N1C(=O)CNC(=O)Nc1cccc(C(=O)OCc2ccccc2)c1. The summed E-state index contributed by atoms with van der Waals surface area (Å²) in [5, 5.41) is 5.06. The number of benzene rings is 2. The van der Waals surface area contributed by atoms with Crippen LogP contribution < -0.4 is 10.6 Å². The highest BCUT2D eigenvalue weighted by Crippen LogP contribution is 2.33. The topological polar surface area (TPSA) is 114 Å². The van der Waals surface area contributed by atoms with Gasteiger partial charge in [0.1, 0.15) is 18.2 Å². The zero-order valence-corrected chi connectivity index (χ0v) is 23.7. The summed E-state index contributed by atoms with van der Waals surface area (Å²) in [5.41, 5.74) is 0.857. The second-order valence-corrected chi connectivity index (χ2v) is 11.4. The molecule has 0 aliphatic carbocycles. The summed E-state index contributed by atoms with van der Waals surface area (Å²) in [7, 11) is 0. The zero-order chi connectivity index (χ0) is 28.4. The third-order valence-corrected chi connectivity index (χ3v) is 7.19. The first-order valence-corrected chi connectivity index (χ1v) is 14.1. The largest absolute Gasteiger partial charge is 0.458 e. The van der Waals surface area contributed by atoms with Gasteiger partial charge in [-0.3, -0.25) is 4.79 Å². The molecule has 39 heavy (non-hydrogen) atoms. The highest BCUT2D eigenvalue weighted by Gasteiger charge is 2.42. The fraction of sp³-hybridized carbons (Fsp3) is 0.448. The summed E-state index contributed by atoms with van der Waals surface area (Å²) in [5.74, 6) is -0.863. The highest BCUT2D eigenvalue weighted by molar-refractivity contribution is 8.00. The standard InChI is InChI=1S/C29H37N3O6S/c1-5-6-15-25-32(23(19-39-25)27(35)38-29(2,3)4)24(33)17-30-28(36)31-22-14-10-13-21(16-22)26(34)37-18-20-11-8-7-9-12-20/h7-14,16,23,25H,5-6,15,17-19H2,1-4H3,(H2,30,31,36)/t23-,25?/m0/s1. The van der Waals surface area contributed by atoms with Crippen LogP contribution in [-0.4, -0.2) is 58.1 Å². The molecule has 3 amide bonds. The van der Waals surface area contributed by atoms with Crippen LogP contribution in [0, 0.1) is 0 Å². The Labute approximate surface area is 234 Å². The molecule has 210 valence electrons. The lowest BCUT2D eigenvalue weighted by molar-refractivity contribution is -0.163. The van der Waals surface area contributed by atoms with E-state index in [-0.39, 0.29) is 30.0 Å². The maximum atomic E-state index is 13.2. The number of anilines is 1. The van der Waals surface area contributed by atoms with Crippen molar-refractivity contribution < 1.29 is 28.7 Å². The van der Waals surface area contributed by atoms with E-state index in [1.54, 1.807) is 55.6 Å². The summed E-state index contributed by atoms with van der Waals surface area (Å²) >= 11 is 1.56. The van der Waals surface area contributed by atoms with Crippen LogP contribution >= 0.6 is 11.8 Å². The first kappa shape index (κ1) is 30.0. The maximum absolute atomic E-state index is 13.2. The third-order valence-electron chi connectivity index (χ3n) is 5.83. The van der Waals surface area contributed by atoms with E-state index in [4.69, 9.17) is 9.47 Å². The minimum Gasteiger partial charge on any atom is -0.458 e. The molecule has 1 fully saturated rings. The number of urea groups is 1. The molecular weight excluding hydrogens is 518 g/mol. The number of nitrogens with zero attached hydrogens (tertiary/aromatic N) is 1. The van der Waals surface area contributed by atoms with Crippen molar-refractivity contribution >= 4 is 41.3 Å². The normalized spacial score (nSPS) is 16.9. The molecule has 2 N–H and O–H groups in total. The smallest absolute Gasteiger partial charge is 0.338 e. The van der Waals surface area contributed by atoms with Gasteiger partial charge in [-0.1, -0.05) is 56.2 Å². The number of hydrogen-bond donors (Lipinski definition) is 2. The van der Waals surface area contributed by atoms with E-state index in [1.165, 1.54) is 6.07 Å². The van der Waals surface area contributed by atoms with E-state index >= 15 is 0 Å². The summed E-state index contributed by atoms with van der Waals surface area (Å²) in [6.45, 7) is 7.29. The minimum atomic E-state index is -0.702. The first-order valence-electron chi connectivity index (χ1n) is 13.1. The average molecular weight is 556 g/mol. The fourth-order valence-corrected chi connectivity index (χ4v) is 5.46. The lowest BCUT2D eigenvalue weighted by Gasteiger charge is -2.30. The molecule has 2 atom stereocenters. The van der Waals surface area contributed by atoms with Crippen molar-refractivity contribution in [1.82, 2.24) is 10.2 Å². The van der Waals surface area contributed by atoms with E-state index in [2.05, 4.69) is 17.6 Å². The molecule has 1 heterocycles. The number of esters is 2. The van der Waals surface area contributed by atoms with Crippen LogP contribution in [0.15, 0.2) is 54.6 Å². The molecule has 0 spiro atoms. The van der Waals surface area contributed by atoms with Crippen molar-refractivity contribution in [2.75, 3.05) is 17.6 Å². The quantitative estimate of drug-likeness (QED) is 0.398. The maximum Gasteiger partial charge on any atom is 0.338 e. The van der Waals surface area contributed by atoms with Gasteiger partial charge in [0.25, 0.3) is 0 Å². The van der Waals surface area contributed by atoms with Gasteiger partial charge in [-0.15, -0.1) is 11.8 Å². The Morgan fingerprint density at radius 3 is 2.49 bits per heavy atom. The number of amides is 3. The lowest BCUT2D eigenvalue weighted by atomic mass is 10.1. The van der Waals surface area contributed by atoms with Crippen molar-refractivity contribution in [3.8, 4) is 0 Å². The average Bonchev–Trinajstić information content (AvgIpc) is 3.33. The first-order chi connectivity index (χ1) is 18.6. The van der Waals surface area contributed by atoms with Crippen LogP contribution in [0.1, 0.15) is 62.9 Å². The van der Waals surface area contributed by atoms with Crippen LogP contribution in [0.25, 0.3) is 0 Å². The fourth-order valence-electron chi connectivity index (χ4n) is 4.00. The van der Waals surface area contributed by atoms with Crippen molar-refractivity contribution in [2.45, 2.75) is 70.6 Å². The Morgan fingerprint density at radius 1 is 1.05 bits per heavy atom. The molecule has 2 aromatic rings. The Bertz CT molecular complexity index is 1150. The summed E-state index contributed by atoms with van der Waals surface area (Å²) in [6.07, 6.45) is 2.64. The lowest BCUT2D eigenvalue weighted by Crippen LogP contribution is -2.51. The number of hydrogen-bond acceptors (Lipinski definition) is 7. The summed E-state index contributed by atoms with van der Waals surface area (Å²) in [6, 6.07) is 14.4. The minimum absolute atomic E-state index is 0.137. The predicted molar refractivity (Wildman–Crippen MR) is 151 cm³/mol. The molecule has 1 aliphatic heterocycles. The van der Waals surface area contributed by atoms with E-state index in [9.17, 15) is 19.2 Å².